The molecule has 28 heavy (non-hydrogen) atoms. The molecule has 1 atom stereocenters. The zero-order chi connectivity index (χ0) is 20.1. The van der Waals surface area contributed by atoms with Crippen LogP contribution in [0.4, 0.5) is 13.2 Å². The van der Waals surface area contributed by atoms with Crippen molar-refractivity contribution in [2.24, 2.45) is 0 Å². The Bertz CT molecular complexity index is 918. The van der Waals surface area contributed by atoms with Crippen molar-refractivity contribution >= 4 is 5.91 Å². The van der Waals surface area contributed by atoms with Gasteiger partial charge >= 0.3 is 6.18 Å². The number of rotatable bonds is 5. The maximum absolute atomic E-state index is 13.0. The molecular formula is C19H16F3N5O. The summed E-state index contributed by atoms with van der Waals surface area (Å²) in [5.41, 5.74) is -0.189. The van der Waals surface area contributed by atoms with Gasteiger partial charge in [-0.2, -0.15) is 13.2 Å². The van der Waals surface area contributed by atoms with Gasteiger partial charge in [-0.05, 0) is 37.3 Å². The van der Waals surface area contributed by atoms with Crippen LogP contribution < -0.4 is 0 Å². The number of hydrogen-bond donors (Lipinski definition) is 0. The van der Waals surface area contributed by atoms with Crippen LogP contribution in [-0.2, 0) is 12.7 Å². The minimum Gasteiger partial charge on any atom is -0.323 e. The lowest BCUT2D eigenvalue weighted by Gasteiger charge is -2.28. The molecule has 0 N–H and O–H groups in total. The van der Waals surface area contributed by atoms with Crippen molar-refractivity contribution in [2.75, 3.05) is 0 Å². The van der Waals surface area contributed by atoms with Crippen LogP contribution in [0.25, 0.3) is 0 Å². The highest BCUT2D eigenvalue weighted by Crippen LogP contribution is 2.29. The molecule has 3 heterocycles. The third-order valence-electron chi connectivity index (χ3n) is 4.08. The second kappa shape index (κ2) is 8.12. The molecule has 0 spiro atoms. The topological polar surface area (TPSA) is 71.9 Å². The van der Waals surface area contributed by atoms with Gasteiger partial charge in [-0.1, -0.05) is 0 Å². The van der Waals surface area contributed by atoms with Gasteiger partial charge in [0.25, 0.3) is 5.91 Å². The number of pyridine rings is 2. The number of amides is 1. The Hall–Kier alpha value is -3.36. The Morgan fingerprint density at radius 3 is 2.36 bits per heavy atom. The quantitative estimate of drug-likeness (QED) is 0.668. The zero-order valence-electron chi connectivity index (χ0n) is 14.8. The summed E-state index contributed by atoms with van der Waals surface area (Å²) in [5.74, 6) is 0.0569. The Kier molecular flexibility index (Phi) is 5.62. The first-order valence-corrected chi connectivity index (χ1v) is 8.36. The average Bonchev–Trinajstić information content (AvgIpc) is 2.72. The number of nitrogens with zero attached hydrogens (tertiary/aromatic N) is 5. The van der Waals surface area contributed by atoms with Crippen molar-refractivity contribution in [3.63, 3.8) is 0 Å². The molecule has 3 aromatic rings. The van der Waals surface area contributed by atoms with Crippen LogP contribution in [0.5, 0.6) is 0 Å². The molecule has 0 radical (unpaired) electrons. The van der Waals surface area contributed by atoms with Gasteiger partial charge in [0.2, 0.25) is 0 Å². The number of carbonyl (C=O) groups excluding carboxylic acids is 1. The minimum atomic E-state index is -4.47. The molecule has 6 nitrogen and oxygen atoms in total. The number of hydrogen-bond acceptors (Lipinski definition) is 5. The molecule has 0 aromatic carbocycles. The number of carbonyl (C=O) groups is 1. The summed E-state index contributed by atoms with van der Waals surface area (Å²) in [5, 5.41) is 0. The molecule has 0 saturated carbocycles. The third kappa shape index (κ3) is 4.48. The standard InChI is InChI=1S/C19H16F3N5O/c1-13(17-24-8-3-9-25-17)27(18(28)14-4-2-7-23-10-14)12-16-6-5-15(11-26-16)19(20,21)22/h2-11,13H,12H2,1H3. The maximum atomic E-state index is 13.0. The summed E-state index contributed by atoms with van der Waals surface area (Å²) in [6, 6.07) is 6.56. The van der Waals surface area contributed by atoms with Crippen LogP contribution in [0, 0.1) is 0 Å². The van der Waals surface area contributed by atoms with Crippen LogP contribution in [0.3, 0.4) is 0 Å². The highest BCUT2D eigenvalue weighted by molar-refractivity contribution is 5.94. The lowest BCUT2D eigenvalue weighted by atomic mass is 10.1. The molecule has 1 amide bonds. The van der Waals surface area contributed by atoms with Gasteiger partial charge in [0.1, 0.15) is 5.82 Å². The van der Waals surface area contributed by atoms with Crippen molar-refractivity contribution in [1.29, 1.82) is 0 Å². The van der Waals surface area contributed by atoms with E-state index in [0.717, 1.165) is 12.3 Å². The Labute approximate surface area is 159 Å². The number of halogens is 3. The van der Waals surface area contributed by atoms with Crippen molar-refractivity contribution in [3.05, 3.63) is 84.0 Å². The molecule has 3 aromatic heterocycles. The van der Waals surface area contributed by atoms with Gasteiger partial charge < -0.3 is 4.90 Å². The van der Waals surface area contributed by atoms with Crippen LogP contribution in [0.15, 0.2) is 61.3 Å². The zero-order valence-corrected chi connectivity index (χ0v) is 14.8. The molecule has 0 aliphatic carbocycles. The first kappa shape index (κ1) is 19.4. The van der Waals surface area contributed by atoms with Gasteiger partial charge in [0.15, 0.2) is 0 Å². The molecule has 0 aliphatic rings. The predicted molar refractivity (Wildman–Crippen MR) is 93.8 cm³/mol. The summed E-state index contributed by atoms with van der Waals surface area (Å²) < 4.78 is 38.3. The average molecular weight is 387 g/mol. The highest BCUT2D eigenvalue weighted by Gasteiger charge is 2.31. The van der Waals surface area contributed by atoms with E-state index in [1.54, 1.807) is 43.7 Å². The lowest BCUT2D eigenvalue weighted by molar-refractivity contribution is -0.137. The SMILES string of the molecule is CC(c1ncccn1)N(Cc1ccc(C(F)(F)F)cn1)C(=O)c1cccnc1. The van der Waals surface area contributed by atoms with Crippen LogP contribution in [-0.4, -0.2) is 30.7 Å². The van der Waals surface area contributed by atoms with E-state index in [1.165, 1.54) is 17.2 Å². The van der Waals surface area contributed by atoms with Crippen LogP contribution in [0.1, 0.15) is 40.4 Å². The van der Waals surface area contributed by atoms with Gasteiger partial charge in [-0.15, -0.1) is 0 Å². The first-order chi connectivity index (χ1) is 13.4. The normalized spacial score (nSPS) is 12.4. The van der Waals surface area contributed by atoms with Crippen LogP contribution in [0.2, 0.25) is 0 Å². The van der Waals surface area contributed by atoms with Gasteiger partial charge in [-0.25, -0.2) is 9.97 Å². The summed E-state index contributed by atoms with van der Waals surface area (Å²) in [7, 11) is 0. The van der Waals surface area contributed by atoms with E-state index in [-0.39, 0.29) is 12.5 Å². The first-order valence-electron chi connectivity index (χ1n) is 8.36. The van der Waals surface area contributed by atoms with E-state index < -0.39 is 17.8 Å². The van der Waals surface area contributed by atoms with Crippen LogP contribution >= 0.6 is 0 Å². The lowest BCUT2D eigenvalue weighted by Crippen LogP contribution is -2.34. The molecule has 144 valence electrons. The summed E-state index contributed by atoms with van der Waals surface area (Å²) >= 11 is 0. The van der Waals surface area contributed by atoms with Crippen molar-refractivity contribution in [3.8, 4) is 0 Å². The van der Waals surface area contributed by atoms with E-state index in [0.29, 0.717) is 17.1 Å². The van der Waals surface area contributed by atoms with E-state index >= 15 is 0 Å². The fourth-order valence-corrected chi connectivity index (χ4v) is 2.57. The number of alkyl halides is 3. The molecule has 0 saturated heterocycles. The summed E-state index contributed by atoms with van der Waals surface area (Å²) in [6.45, 7) is 1.74. The molecule has 9 heteroatoms. The maximum Gasteiger partial charge on any atom is 0.417 e. The second-order valence-electron chi connectivity index (χ2n) is 5.99. The van der Waals surface area contributed by atoms with Crippen molar-refractivity contribution in [2.45, 2.75) is 25.7 Å². The van der Waals surface area contributed by atoms with E-state index in [9.17, 15) is 18.0 Å². The molecule has 0 bridgehead atoms. The van der Waals surface area contributed by atoms with Gasteiger partial charge in [0.05, 0.1) is 29.4 Å². The fraction of sp³-hybridized carbons (Fsp3) is 0.211. The highest BCUT2D eigenvalue weighted by atomic mass is 19.4. The fourth-order valence-electron chi connectivity index (χ4n) is 2.57. The van der Waals surface area contributed by atoms with E-state index in [4.69, 9.17) is 0 Å². The number of aromatic nitrogens is 4. The minimum absolute atomic E-state index is 0.00865. The molecular weight excluding hydrogens is 371 g/mol. The van der Waals surface area contributed by atoms with E-state index in [1.807, 2.05) is 0 Å². The molecule has 3 rings (SSSR count). The summed E-state index contributed by atoms with van der Waals surface area (Å²) in [6.07, 6.45) is 2.37. The van der Waals surface area contributed by atoms with Crippen molar-refractivity contribution < 1.29 is 18.0 Å². The molecule has 0 fully saturated rings. The monoisotopic (exact) mass is 387 g/mol. The van der Waals surface area contributed by atoms with Crippen molar-refractivity contribution in [1.82, 2.24) is 24.8 Å². The predicted octanol–water partition coefficient (Wildman–Crippen LogP) is 3.69. The molecule has 1 unspecified atom stereocenters. The Balaban J connectivity index is 1.91. The summed E-state index contributed by atoms with van der Waals surface area (Å²) in [4.78, 5) is 30.6. The van der Waals surface area contributed by atoms with Gasteiger partial charge in [0, 0.05) is 31.0 Å². The Morgan fingerprint density at radius 2 is 1.79 bits per heavy atom. The second-order valence-corrected chi connectivity index (χ2v) is 5.99. The largest absolute Gasteiger partial charge is 0.417 e. The third-order valence-corrected chi connectivity index (χ3v) is 4.08. The Morgan fingerprint density at radius 1 is 1.04 bits per heavy atom. The smallest absolute Gasteiger partial charge is 0.323 e. The van der Waals surface area contributed by atoms with E-state index in [2.05, 4.69) is 19.9 Å². The molecule has 0 aliphatic heterocycles. The van der Waals surface area contributed by atoms with Gasteiger partial charge in [-0.3, -0.25) is 14.8 Å².